The number of benzene rings is 2. The van der Waals surface area contributed by atoms with E-state index in [-0.39, 0.29) is 5.91 Å². The van der Waals surface area contributed by atoms with Crippen LogP contribution in [-0.2, 0) is 21.2 Å². The van der Waals surface area contributed by atoms with Crippen molar-refractivity contribution in [2.75, 3.05) is 24.2 Å². The summed E-state index contributed by atoms with van der Waals surface area (Å²) >= 11 is 0. The number of methoxy groups -OCH3 is 1. The summed E-state index contributed by atoms with van der Waals surface area (Å²) in [6.45, 7) is 3.91. The molecule has 0 aromatic heterocycles. The summed E-state index contributed by atoms with van der Waals surface area (Å²) in [5, 5.41) is 2.84. The molecule has 0 fully saturated rings. The minimum atomic E-state index is -3.69. The van der Waals surface area contributed by atoms with Crippen molar-refractivity contribution in [3.05, 3.63) is 59.7 Å². The number of nitrogens with zero attached hydrogens (tertiary/aromatic N) is 1. The van der Waals surface area contributed by atoms with Crippen LogP contribution in [0.2, 0.25) is 0 Å². The van der Waals surface area contributed by atoms with Gasteiger partial charge in [0.1, 0.15) is 11.8 Å². The third kappa shape index (κ3) is 5.73. The van der Waals surface area contributed by atoms with E-state index in [9.17, 15) is 13.2 Å². The average molecular weight is 405 g/mol. The molecule has 2 rings (SSSR count). The molecule has 0 unspecified atom stereocenters. The lowest BCUT2D eigenvalue weighted by molar-refractivity contribution is -0.121. The number of hydrogen-bond donors (Lipinski definition) is 1. The number of carbonyl (C=O) groups excluding carboxylic acids is 1. The second-order valence-electron chi connectivity index (χ2n) is 6.79. The lowest BCUT2D eigenvalue weighted by atomic mass is 10.1. The number of nitrogens with one attached hydrogen (secondary N) is 1. The van der Waals surface area contributed by atoms with E-state index >= 15 is 0 Å². The largest absolute Gasteiger partial charge is 0.495 e. The molecule has 1 N–H and O–H groups in total. The second kappa shape index (κ2) is 9.59. The van der Waals surface area contributed by atoms with E-state index in [1.807, 2.05) is 43.3 Å². The van der Waals surface area contributed by atoms with Crippen LogP contribution in [0.1, 0.15) is 24.5 Å². The molecule has 1 atom stereocenters. The molecule has 2 aromatic rings. The summed E-state index contributed by atoms with van der Waals surface area (Å²) < 4.78 is 31.4. The van der Waals surface area contributed by atoms with E-state index in [1.165, 1.54) is 12.7 Å². The van der Waals surface area contributed by atoms with Gasteiger partial charge in [0.2, 0.25) is 15.9 Å². The highest BCUT2D eigenvalue weighted by Gasteiger charge is 2.31. The Bertz CT molecular complexity index is 898. The van der Waals surface area contributed by atoms with Crippen LogP contribution in [0.4, 0.5) is 5.69 Å². The summed E-state index contributed by atoms with van der Waals surface area (Å²) in [6.07, 6.45) is 2.71. The lowest BCUT2D eigenvalue weighted by Gasteiger charge is -2.29. The Hall–Kier alpha value is -2.54. The zero-order valence-electron chi connectivity index (χ0n) is 16.8. The van der Waals surface area contributed by atoms with Crippen molar-refractivity contribution in [2.24, 2.45) is 0 Å². The van der Waals surface area contributed by atoms with Crippen LogP contribution in [0.5, 0.6) is 5.75 Å². The first-order valence-electron chi connectivity index (χ1n) is 9.19. The Morgan fingerprint density at radius 2 is 1.86 bits per heavy atom. The SMILES string of the molecule is COc1ccc(C)cc1N([C@@H](C)C(=O)NCCCc1ccccc1)S(C)(=O)=O. The Kier molecular flexibility index (Phi) is 7.45. The van der Waals surface area contributed by atoms with Gasteiger partial charge in [0.15, 0.2) is 0 Å². The summed E-state index contributed by atoms with van der Waals surface area (Å²) in [6, 6.07) is 14.3. The van der Waals surface area contributed by atoms with Crippen LogP contribution in [0, 0.1) is 6.92 Å². The number of anilines is 1. The van der Waals surface area contributed by atoms with Gasteiger partial charge >= 0.3 is 0 Å². The molecule has 0 bridgehead atoms. The molecule has 152 valence electrons. The predicted molar refractivity (Wildman–Crippen MR) is 112 cm³/mol. The molecule has 0 aliphatic rings. The van der Waals surface area contributed by atoms with E-state index < -0.39 is 16.1 Å². The van der Waals surface area contributed by atoms with Gasteiger partial charge in [0.05, 0.1) is 19.1 Å². The van der Waals surface area contributed by atoms with Crippen LogP contribution in [0.15, 0.2) is 48.5 Å². The van der Waals surface area contributed by atoms with Crippen molar-refractivity contribution in [3.8, 4) is 5.75 Å². The van der Waals surface area contributed by atoms with Crippen LogP contribution in [0.25, 0.3) is 0 Å². The van der Waals surface area contributed by atoms with Gasteiger partial charge in [-0.2, -0.15) is 0 Å². The molecule has 0 aliphatic heterocycles. The monoisotopic (exact) mass is 404 g/mol. The molecule has 0 aliphatic carbocycles. The molecule has 0 heterocycles. The van der Waals surface area contributed by atoms with Gasteiger partial charge < -0.3 is 10.1 Å². The first-order chi connectivity index (χ1) is 13.2. The normalized spacial score (nSPS) is 12.3. The molecule has 28 heavy (non-hydrogen) atoms. The molecular formula is C21H28N2O4S. The molecule has 0 saturated carbocycles. The number of sulfonamides is 1. The summed E-state index contributed by atoms with van der Waals surface area (Å²) in [5.74, 6) is 0.0572. The van der Waals surface area contributed by atoms with Crippen LogP contribution in [-0.4, -0.2) is 40.3 Å². The Labute approximate surface area is 167 Å². The fourth-order valence-electron chi connectivity index (χ4n) is 3.05. The molecule has 0 saturated heterocycles. The number of aryl methyl sites for hydroxylation is 2. The van der Waals surface area contributed by atoms with E-state index in [4.69, 9.17) is 4.74 Å². The molecule has 7 heteroatoms. The van der Waals surface area contributed by atoms with Crippen LogP contribution >= 0.6 is 0 Å². The smallest absolute Gasteiger partial charge is 0.243 e. The van der Waals surface area contributed by atoms with Crippen molar-refractivity contribution in [3.63, 3.8) is 0 Å². The molecule has 6 nitrogen and oxygen atoms in total. The van der Waals surface area contributed by atoms with E-state index in [2.05, 4.69) is 5.32 Å². The van der Waals surface area contributed by atoms with Crippen molar-refractivity contribution >= 4 is 21.6 Å². The van der Waals surface area contributed by atoms with Gasteiger partial charge in [-0.25, -0.2) is 8.42 Å². The first-order valence-corrected chi connectivity index (χ1v) is 11.0. The maximum Gasteiger partial charge on any atom is 0.243 e. The minimum Gasteiger partial charge on any atom is -0.495 e. The number of rotatable bonds is 9. The Morgan fingerprint density at radius 3 is 2.46 bits per heavy atom. The van der Waals surface area contributed by atoms with Crippen LogP contribution in [0.3, 0.4) is 0 Å². The number of hydrogen-bond acceptors (Lipinski definition) is 4. The number of carbonyl (C=O) groups is 1. The topological polar surface area (TPSA) is 75.7 Å². The Morgan fingerprint density at radius 1 is 1.18 bits per heavy atom. The highest BCUT2D eigenvalue weighted by Crippen LogP contribution is 2.32. The molecule has 1 amide bonds. The predicted octanol–water partition coefficient (Wildman–Crippen LogP) is 2.91. The van der Waals surface area contributed by atoms with Crippen molar-refractivity contribution in [2.45, 2.75) is 32.7 Å². The fraction of sp³-hybridized carbons (Fsp3) is 0.381. The zero-order chi connectivity index (χ0) is 20.7. The van der Waals surface area contributed by atoms with E-state index in [0.29, 0.717) is 18.0 Å². The van der Waals surface area contributed by atoms with E-state index in [1.54, 1.807) is 19.1 Å². The lowest BCUT2D eigenvalue weighted by Crippen LogP contribution is -2.48. The van der Waals surface area contributed by atoms with Gasteiger partial charge in [-0.1, -0.05) is 36.4 Å². The maximum absolute atomic E-state index is 12.6. The van der Waals surface area contributed by atoms with E-state index in [0.717, 1.165) is 29.0 Å². The van der Waals surface area contributed by atoms with Gasteiger partial charge in [0.25, 0.3) is 0 Å². The van der Waals surface area contributed by atoms with Crippen molar-refractivity contribution < 1.29 is 17.9 Å². The van der Waals surface area contributed by atoms with Gasteiger partial charge in [0, 0.05) is 6.54 Å². The van der Waals surface area contributed by atoms with Gasteiger partial charge in [-0.15, -0.1) is 0 Å². The highest BCUT2D eigenvalue weighted by molar-refractivity contribution is 7.92. The molecule has 0 spiro atoms. The third-order valence-corrected chi connectivity index (χ3v) is 5.67. The molecule has 2 aromatic carbocycles. The second-order valence-corrected chi connectivity index (χ2v) is 8.65. The van der Waals surface area contributed by atoms with Gasteiger partial charge in [-0.05, 0) is 49.9 Å². The highest BCUT2D eigenvalue weighted by atomic mass is 32.2. The standard InChI is InChI=1S/C21H28N2O4S/c1-16-12-13-20(27-3)19(15-16)23(28(4,25)26)17(2)21(24)22-14-8-11-18-9-6-5-7-10-18/h5-7,9-10,12-13,15,17H,8,11,14H2,1-4H3,(H,22,24)/t17-/m0/s1. The molecular weight excluding hydrogens is 376 g/mol. The average Bonchev–Trinajstić information content (AvgIpc) is 2.65. The summed E-state index contributed by atoms with van der Waals surface area (Å²) in [5.41, 5.74) is 2.43. The number of ether oxygens (including phenoxy) is 1. The maximum atomic E-state index is 12.6. The van der Waals surface area contributed by atoms with Crippen molar-refractivity contribution in [1.82, 2.24) is 5.32 Å². The zero-order valence-corrected chi connectivity index (χ0v) is 17.6. The minimum absolute atomic E-state index is 0.345. The van der Waals surface area contributed by atoms with Crippen molar-refractivity contribution in [1.29, 1.82) is 0 Å². The first kappa shape index (κ1) is 21.8. The third-order valence-electron chi connectivity index (χ3n) is 4.44. The fourth-order valence-corrected chi connectivity index (χ4v) is 4.22. The quantitative estimate of drug-likeness (QED) is 0.652. The Balaban J connectivity index is 2.09. The van der Waals surface area contributed by atoms with Crippen LogP contribution < -0.4 is 14.4 Å². The van der Waals surface area contributed by atoms with Gasteiger partial charge in [-0.3, -0.25) is 9.10 Å². The summed E-state index contributed by atoms with van der Waals surface area (Å²) in [4.78, 5) is 12.6. The molecule has 0 radical (unpaired) electrons. The number of amides is 1. The summed E-state index contributed by atoms with van der Waals surface area (Å²) in [7, 11) is -2.22.